The fraction of sp³-hybridized carbons (Fsp3) is 0.238. The van der Waals surface area contributed by atoms with Gasteiger partial charge in [-0.2, -0.15) is 0 Å². The Labute approximate surface area is 165 Å². The van der Waals surface area contributed by atoms with E-state index in [-0.39, 0.29) is 11.0 Å². The van der Waals surface area contributed by atoms with Gasteiger partial charge in [0, 0.05) is 5.56 Å². The molecule has 0 saturated carbocycles. The first-order valence-corrected chi connectivity index (χ1v) is 9.08. The number of carbonyl (C=O) groups is 1. The molecule has 0 aliphatic rings. The molecule has 142 valence electrons. The topological polar surface area (TPSA) is 59.6 Å². The lowest BCUT2D eigenvalue weighted by Gasteiger charge is -2.14. The molecule has 2 aromatic carbocycles. The monoisotopic (exact) mass is 384 g/mol. The number of benzene rings is 2. The Morgan fingerprint density at radius 3 is 2.52 bits per heavy atom. The molecule has 0 heterocycles. The van der Waals surface area contributed by atoms with Crippen LogP contribution in [0, 0.1) is 5.92 Å². The lowest BCUT2D eigenvalue weighted by atomic mass is 10.2. The van der Waals surface area contributed by atoms with Gasteiger partial charge in [0.05, 0.1) is 12.3 Å². The second-order valence-corrected chi connectivity index (χ2v) is 6.64. The van der Waals surface area contributed by atoms with Crippen molar-refractivity contribution in [2.45, 2.75) is 13.8 Å². The van der Waals surface area contributed by atoms with E-state index in [1.165, 1.54) is 0 Å². The number of anilines is 1. The Hall–Kier alpha value is -2.86. The number of amides is 1. The molecule has 0 radical (unpaired) electrons. The minimum absolute atomic E-state index is 0.190. The largest absolute Gasteiger partial charge is 0.493 e. The van der Waals surface area contributed by atoms with Crippen molar-refractivity contribution in [2.24, 2.45) is 5.92 Å². The summed E-state index contributed by atoms with van der Waals surface area (Å²) in [5, 5.41) is 5.83. The summed E-state index contributed by atoms with van der Waals surface area (Å²) in [5.41, 5.74) is 1.16. The van der Waals surface area contributed by atoms with Gasteiger partial charge in [-0.05, 0) is 54.5 Å². The van der Waals surface area contributed by atoms with Crippen molar-refractivity contribution < 1.29 is 14.3 Å². The predicted molar refractivity (Wildman–Crippen MR) is 113 cm³/mol. The Balaban J connectivity index is 1.94. The fourth-order valence-corrected chi connectivity index (χ4v) is 2.34. The lowest BCUT2D eigenvalue weighted by Crippen LogP contribution is -2.34. The van der Waals surface area contributed by atoms with Gasteiger partial charge in [-0.3, -0.25) is 10.1 Å². The average Bonchev–Trinajstić information content (AvgIpc) is 2.66. The van der Waals surface area contributed by atoms with Crippen LogP contribution in [0.2, 0.25) is 0 Å². The second kappa shape index (κ2) is 10.3. The molecule has 6 heteroatoms. The molecule has 0 aromatic heterocycles. The first-order valence-electron chi connectivity index (χ1n) is 8.67. The van der Waals surface area contributed by atoms with Gasteiger partial charge < -0.3 is 14.8 Å². The third kappa shape index (κ3) is 6.75. The first-order chi connectivity index (χ1) is 13.0. The van der Waals surface area contributed by atoms with Crippen LogP contribution >= 0.6 is 12.2 Å². The Morgan fingerprint density at radius 2 is 1.85 bits per heavy atom. The Bertz CT molecular complexity index is 788. The molecule has 2 aromatic rings. The highest BCUT2D eigenvalue weighted by molar-refractivity contribution is 7.80. The van der Waals surface area contributed by atoms with Gasteiger partial charge in [0.1, 0.15) is 18.1 Å². The molecular weight excluding hydrogens is 360 g/mol. The number of para-hydroxylation sites is 2. The molecule has 0 atom stereocenters. The fourth-order valence-electron chi connectivity index (χ4n) is 2.14. The summed E-state index contributed by atoms with van der Waals surface area (Å²) in [7, 11) is 0. The van der Waals surface area contributed by atoms with Gasteiger partial charge in [-0.1, -0.05) is 38.6 Å². The SMILES string of the molecule is C=CCOc1ccccc1NC(=S)NC(=O)c1ccc(OCC(C)C)cc1. The molecule has 0 fully saturated rings. The molecule has 0 aliphatic carbocycles. The number of hydrogen-bond donors (Lipinski definition) is 2. The van der Waals surface area contributed by atoms with Crippen molar-refractivity contribution >= 4 is 28.9 Å². The summed E-state index contributed by atoms with van der Waals surface area (Å²) in [4.78, 5) is 12.4. The second-order valence-electron chi connectivity index (χ2n) is 6.23. The van der Waals surface area contributed by atoms with Gasteiger partial charge in [0.25, 0.3) is 5.91 Å². The number of carbonyl (C=O) groups excluding carboxylic acids is 1. The molecule has 5 nitrogen and oxygen atoms in total. The highest BCUT2D eigenvalue weighted by Crippen LogP contribution is 2.23. The zero-order valence-corrected chi connectivity index (χ0v) is 16.3. The van der Waals surface area contributed by atoms with Crippen molar-refractivity contribution in [1.82, 2.24) is 5.32 Å². The van der Waals surface area contributed by atoms with E-state index >= 15 is 0 Å². The third-order valence-corrected chi connectivity index (χ3v) is 3.62. The van der Waals surface area contributed by atoms with Crippen molar-refractivity contribution in [2.75, 3.05) is 18.5 Å². The maximum Gasteiger partial charge on any atom is 0.257 e. The maximum absolute atomic E-state index is 12.4. The van der Waals surface area contributed by atoms with Crippen LogP contribution in [-0.2, 0) is 0 Å². The molecule has 0 aliphatic heterocycles. The third-order valence-electron chi connectivity index (χ3n) is 3.42. The minimum atomic E-state index is -0.299. The summed E-state index contributed by atoms with van der Waals surface area (Å²) in [6.07, 6.45) is 1.66. The van der Waals surface area contributed by atoms with Crippen molar-refractivity contribution in [3.05, 3.63) is 66.7 Å². The van der Waals surface area contributed by atoms with Gasteiger partial charge >= 0.3 is 0 Å². The Kier molecular flexibility index (Phi) is 7.82. The zero-order chi connectivity index (χ0) is 19.6. The molecule has 0 spiro atoms. The molecule has 0 saturated heterocycles. The van der Waals surface area contributed by atoms with Crippen LogP contribution in [0.25, 0.3) is 0 Å². The highest BCUT2D eigenvalue weighted by Gasteiger charge is 2.10. The van der Waals surface area contributed by atoms with E-state index in [0.717, 1.165) is 5.75 Å². The van der Waals surface area contributed by atoms with E-state index in [1.807, 2.05) is 24.3 Å². The summed E-state index contributed by atoms with van der Waals surface area (Å²) >= 11 is 5.24. The van der Waals surface area contributed by atoms with Crippen molar-refractivity contribution in [1.29, 1.82) is 0 Å². The van der Waals surface area contributed by atoms with E-state index in [4.69, 9.17) is 21.7 Å². The molecular formula is C21H24N2O3S. The molecule has 1 amide bonds. The molecule has 0 unspecified atom stereocenters. The number of rotatable bonds is 8. The highest BCUT2D eigenvalue weighted by atomic mass is 32.1. The minimum Gasteiger partial charge on any atom is -0.493 e. The van der Waals surface area contributed by atoms with E-state index in [0.29, 0.717) is 36.1 Å². The summed E-state index contributed by atoms with van der Waals surface area (Å²) in [6.45, 7) is 8.80. The van der Waals surface area contributed by atoms with E-state index in [2.05, 4.69) is 31.1 Å². The number of hydrogen-bond acceptors (Lipinski definition) is 4. The summed E-state index contributed by atoms with van der Waals surface area (Å²) < 4.78 is 11.2. The van der Waals surface area contributed by atoms with Crippen LogP contribution in [0.5, 0.6) is 11.5 Å². The Morgan fingerprint density at radius 1 is 1.15 bits per heavy atom. The van der Waals surface area contributed by atoms with Crippen LogP contribution in [0.3, 0.4) is 0 Å². The van der Waals surface area contributed by atoms with Gasteiger partial charge in [-0.25, -0.2) is 0 Å². The lowest BCUT2D eigenvalue weighted by molar-refractivity contribution is 0.0977. The van der Waals surface area contributed by atoms with Crippen LogP contribution in [0.15, 0.2) is 61.2 Å². The summed E-state index contributed by atoms with van der Waals surface area (Å²) in [6, 6.07) is 14.3. The molecule has 2 rings (SSSR count). The maximum atomic E-state index is 12.4. The molecule has 2 N–H and O–H groups in total. The standard InChI is InChI=1S/C21H24N2O3S/c1-4-13-25-19-8-6-5-7-18(19)22-21(27)23-20(24)16-9-11-17(12-10-16)26-14-15(2)3/h4-12,15H,1,13-14H2,2-3H3,(H2,22,23,24,27). The van der Waals surface area contributed by atoms with Gasteiger partial charge in [0.2, 0.25) is 0 Å². The first kappa shape index (κ1) is 20.5. The normalized spacial score (nSPS) is 10.2. The van der Waals surface area contributed by atoms with E-state index in [9.17, 15) is 4.79 Å². The molecule has 27 heavy (non-hydrogen) atoms. The smallest absolute Gasteiger partial charge is 0.257 e. The number of nitrogens with one attached hydrogen (secondary N) is 2. The van der Waals surface area contributed by atoms with Crippen LogP contribution in [0.4, 0.5) is 5.69 Å². The van der Waals surface area contributed by atoms with Crippen LogP contribution < -0.4 is 20.1 Å². The van der Waals surface area contributed by atoms with E-state index in [1.54, 1.807) is 30.3 Å². The van der Waals surface area contributed by atoms with E-state index < -0.39 is 0 Å². The molecule has 0 bridgehead atoms. The average molecular weight is 385 g/mol. The van der Waals surface area contributed by atoms with Gasteiger partial charge in [0.15, 0.2) is 5.11 Å². The van der Waals surface area contributed by atoms with Gasteiger partial charge in [-0.15, -0.1) is 0 Å². The quantitative estimate of drug-likeness (QED) is 0.521. The van der Waals surface area contributed by atoms with Crippen LogP contribution in [0.1, 0.15) is 24.2 Å². The van der Waals surface area contributed by atoms with Crippen molar-refractivity contribution in [3.8, 4) is 11.5 Å². The predicted octanol–water partition coefficient (Wildman–Crippen LogP) is 4.41. The van der Waals surface area contributed by atoms with Crippen LogP contribution in [-0.4, -0.2) is 24.2 Å². The number of thiocarbonyl (C=S) groups is 1. The van der Waals surface area contributed by atoms with Crippen molar-refractivity contribution in [3.63, 3.8) is 0 Å². The number of ether oxygens (including phenoxy) is 2. The zero-order valence-electron chi connectivity index (χ0n) is 15.5. The summed E-state index contributed by atoms with van der Waals surface area (Å²) in [5.74, 6) is 1.50.